The standard InChI is InChI=1S/C31H37F2N5O5/c1-3-31(32,33)25-27(36-23-15-11-10-14-22(23)35-25)43-20-16-24-26(39)37-30(29(41)42-4-2)17-19(30)12-8-6-5-7-9-13-21(34)28(40)38(24)18-20/h3,8,10-12,14-15,19-21,24H,1,4-7,9,13,16-18,34H2,2H3,(H,37,39)/b12-8-/t19-,20-,21+,24+,30-/m1/s1. The van der Waals surface area contributed by atoms with Gasteiger partial charge in [-0.25, -0.2) is 14.8 Å². The van der Waals surface area contributed by atoms with Gasteiger partial charge in [0.1, 0.15) is 17.7 Å². The van der Waals surface area contributed by atoms with E-state index in [1.54, 1.807) is 31.2 Å². The van der Waals surface area contributed by atoms with Gasteiger partial charge in [0.25, 0.3) is 0 Å². The van der Waals surface area contributed by atoms with Crippen LogP contribution in [0.15, 0.2) is 49.1 Å². The van der Waals surface area contributed by atoms with Crippen LogP contribution in [0.5, 0.6) is 5.88 Å². The monoisotopic (exact) mass is 597 g/mol. The van der Waals surface area contributed by atoms with Crippen molar-refractivity contribution in [3.05, 3.63) is 54.8 Å². The second-order valence-electron chi connectivity index (χ2n) is 11.3. The normalized spacial score (nSPS) is 29.0. The molecule has 1 aromatic heterocycles. The minimum Gasteiger partial charge on any atom is -0.471 e. The molecule has 2 aliphatic heterocycles. The van der Waals surface area contributed by atoms with E-state index in [2.05, 4.69) is 21.9 Å². The molecule has 3 aliphatic rings. The molecule has 2 fully saturated rings. The molecule has 1 aliphatic carbocycles. The minimum atomic E-state index is -3.55. The number of fused-ring (bicyclic) bond motifs is 3. The predicted octanol–water partition coefficient (Wildman–Crippen LogP) is 3.54. The molecule has 5 atom stereocenters. The van der Waals surface area contributed by atoms with Crippen LogP contribution < -0.4 is 15.8 Å². The molecule has 0 bridgehead atoms. The number of para-hydroxylation sites is 2. The predicted molar refractivity (Wildman–Crippen MR) is 154 cm³/mol. The van der Waals surface area contributed by atoms with Crippen molar-refractivity contribution in [2.45, 2.75) is 81.5 Å². The summed E-state index contributed by atoms with van der Waals surface area (Å²) in [6, 6.07) is 4.63. The van der Waals surface area contributed by atoms with Gasteiger partial charge in [0, 0.05) is 12.3 Å². The zero-order valence-corrected chi connectivity index (χ0v) is 24.1. The Morgan fingerprint density at radius 2 is 1.98 bits per heavy atom. The Labute approximate surface area is 248 Å². The van der Waals surface area contributed by atoms with Crippen molar-refractivity contribution >= 4 is 28.8 Å². The van der Waals surface area contributed by atoms with Crippen LogP contribution in [0.4, 0.5) is 8.78 Å². The molecular formula is C31H37F2N5O5. The van der Waals surface area contributed by atoms with Crippen LogP contribution in [0, 0.1) is 5.92 Å². The third-order valence-electron chi connectivity index (χ3n) is 8.31. The van der Waals surface area contributed by atoms with Crippen LogP contribution in [-0.2, 0) is 25.0 Å². The Hall–Kier alpha value is -3.93. The third-order valence-corrected chi connectivity index (χ3v) is 8.31. The zero-order chi connectivity index (χ0) is 30.8. The van der Waals surface area contributed by atoms with E-state index < -0.39 is 59.0 Å². The van der Waals surface area contributed by atoms with E-state index in [4.69, 9.17) is 15.2 Å². The largest absolute Gasteiger partial charge is 0.471 e. The lowest BCUT2D eigenvalue weighted by atomic mass is 10.1. The molecule has 0 unspecified atom stereocenters. The molecule has 0 radical (unpaired) electrons. The number of carbonyl (C=O) groups excluding carboxylic acids is 3. The average Bonchev–Trinajstić information content (AvgIpc) is 3.52. The molecule has 1 saturated heterocycles. The number of hydrogen-bond acceptors (Lipinski definition) is 8. The first kappa shape index (κ1) is 30.5. The van der Waals surface area contributed by atoms with Crippen LogP contribution in [-0.4, -0.2) is 69.5 Å². The Balaban J connectivity index is 1.46. The molecule has 10 nitrogen and oxygen atoms in total. The van der Waals surface area contributed by atoms with Crippen LogP contribution >= 0.6 is 0 Å². The van der Waals surface area contributed by atoms with Crippen molar-refractivity contribution in [2.24, 2.45) is 11.7 Å². The number of nitrogens with one attached hydrogen (secondary N) is 1. The number of ether oxygens (including phenoxy) is 2. The molecule has 12 heteroatoms. The lowest BCUT2D eigenvalue weighted by Crippen LogP contribution is -2.55. The van der Waals surface area contributed by atoms with Crippen LogP contribution in [0.2, 0.25) is 0 Å². The first-order valence-corrected chi connectivity index (χ1v) is 14.8. The first-order chi connectivity index (χ1) is 20.6. The van der Waals surface area contributed by atoms with Crippen LogP contribution in [0.3, 0.4) is 0 Å². The molecular weight excluding hydrogens is 560 g/mol. The number of nitrogens with two attached hydrogens (primary N) is 1. The molecule has 3 N–H and O–H groups in total. The van der Waals surface area contributed by atoms with Gasteiger partial charge in [-0.05, 0) is 50.8 Å². The molecule has 1 saturated carbocycles. The number of halogens is 2. The first-order valence-electron chi connectivity index (χ1n) is 14.8. The van der Waals surface area contributed by atoms with Gasteiger partial charge in [-0.2, -0.15) is 8.78 Å². The summed E-state index contributed by atoms with van der Waals surface area (Å²) in [5.74, 6) is -5.75. The smallest absolute Gasteiger partial charge is 0.332 e. The highest BCUT2D eigenvalue weighted by Gasteiger charge is 2.62. The number of amides is 2. The summed E-state index contributed by atoms with van der Waals surface area (Å²) in [6.45, 7) is 4.98. The highest BCUT2D eigenvalue weighted by molar-refractivity contribution is 5.96. The minimum absolute atomic E-state index is 0.0304. The molecule has 2 aromatic rings. The molecule has 3 heterocycles. The van der Waals surface area contributed by atoms with E-state index in [-0.39, 0.29) is 31.0 Å². The van der Waals surface area contributed by atoms with Crippen molar-refractivity contribution in [3.8, 4) is 5.88 Å². The fourth-order valence-electron chi connectivity index (χ4n) is 5.83. The van der Waals surface area contributed by atoms with Gasteiger partial charge in [0.15, 0.2) is 5.69 Å². The highest BCUT2D eigenvalue weighted by atomic mass is 19.3. The number of hydrogen-bond donors (Lipinski definition) is 2. The van der Waals surface area contributed by atoms with Crippen molar-refractivity contribution in [2.75, 3.05) is 13.2 Å². The molecule has 2 amide bonds. The summed E-state index contributed by atoms with van der Waals surface area (Å²) in [4.78, 5) is 50.1. The van der Waals surface area contributed by atoms with Gasteiger partial charge < -0.3 is 25.4 Å². The van der Waals surface area contributed by atoms with E-state index in [0.29, 0.717) is 24.4 Å². The third kappa shape index (κ3) is 6.24. The molecule has 0 spiro atoms. The van der Waals surface area contributed by atoms with Gasteiger partial charge >= 0.3 is 11.9 Å². The van der Waals surface area contributed by atoms with E-state index in [0.717, 1.165) is 25.7 Å². The zero-order valence-electron chi connectivity index (χ0n) is 24.1. The van der Waals surface area contributed by atoms with Crippen molar-refractivity contribution < 1.29 is 32.6 Å². The highest BCUT2D eigenvalue weighted by Crippen LogP contribution is 2.46. The van der Waals surface area contributed by atoms with Gasteiger partial charge in [0.2, 0.25) is 17.7 Å². The van der Waals surface area contributed by atoms with Gasteiger partial charge in [0.05, 0.1) is 30.2 Å². The quantitative estimate of drug-likeness (QED) is 0.381. The topological polar surface area (TPSA) is 137 Å². The second-order valence-corrected chi connectivity index (χ2v) is 11.3. The van der Waals surface area contributed by atoms with Crippen molar-refractivity contribution in [3.63, 3.8) is 0 Å². The number of aromatic nitrogens is 2. The summed E-state index contributed by atoms with van der Waals surface area (Å²) >= 11 is 0. The van der Waals surface area contributed by atoms with Gasteiger partial charge in [-0.15, -0.1) is 0 Å². The Kier molecular flexibility index (Phi) is 8.77. The Bertz CT molecular complexity index is 1430. The SMILES string of the molecule is C=CC(F)(F)c1nc2ccccc2nc1O[C@@H]1C[C@H]2C(=O)N[C@]3(C(=O)OCC)C[C@H]3/C=C\CCCCC[C@H](N)C(=O)N2C1. The number of rotatable bonds is 6. The van der Waals surface area contributed by atoms with Gasteiger partial charge in [-0.1, -0.05) is 43.7 Å². The fourth-order valence-corrected chi connectivity index (χ4v) is 5.83. The molecule has 230 valence electrons. The maximum absolute atomic E-state index is 14.9. The van der Waals surface area contributed by atoms with Crippen molar-refractivity contribution in [1.82, 2.24) is 20.2 Å². The number of carbonyl (C=O) groups is 3. The molecule has 5 rings (SSSR count). The van der Waals surface area contributed by atoms with E-state index >= 15 is 0 Å². The number of nitrogens with zero attached hydrogens (tertiary/aromatic N) is 3. The average molecular weight is 598 g/mol. The molecule has 1 aromatic carbocycles. The summed E-state index contributed by atoms with van der Waals surface area (Å²) in [5, 5.41) is 2.87. The maximum Gasteiger partial charge on any atom is 0.332 e. The lowest BCUT2D eigenvalue weighted by molar-refractivity contribution is -0.150. The van der Waals surface area contributed by atoms with E-state index in [9.17, 15) is 23.2 Å². The maximum atomic E-state index is 14.9. The number of alkyl halides is 2. The number of benzene rings is 1. The second kappa shape index (κ2) is 12.4. The van der Waals surface area contributed by atoms with Crippen LogP contribution in [0.25, 0.3) is 11.0 Å². The van der Waals surface area contributed by atoms with E-state index in [1.165, 1.54) is 4.90 Å². The van der Waals surface area contributed by atoms with Gasteiger partial charge in [-0.3, -0.25) is 9.59 Å². The Morgan fingerprint density at radius 1 is 1.23 bits per heavy atom. The van der Waals surface area contributed by atoms with E-state index in [1.807, 2.05) is 12.2 Å². The number of esters is 1. The fraction of sp³-hybridized carbons (Fsp3) is 0.516. The Morgan fingerprint density at radius 3 is 2.70 bits per heavy atom. The number of allylic oxidation sites excluding steroid dienone is 2. The molecule has 43 heavy (non-hydrogen) atoms. The van der Waals surface area contributed by atoms with Crippen LogP contribution in [0.1, 0.15) is 57.6 Å². The summed E-state index contributed by atoms with van der Waals surface area (Å²) in [5.41, 5.74) is 4.93. The lowest BCUT2D eigenvalue weighted by Gasteiger charge is -2.28. The summed E-state index contributed by atoms with van der Waals surface area (Å²) < 4.78 is 41.1. The summed E-state index contributed by atoms with van der Waals surface area (Å²) in [7, 11) is 0. The van der Waals surface area contributed by atoms with Crippen molar-refractivity contribution in [1.29, 1.82) is 0 Å². The summed E-state index contributed by atoms with van der Waals surface area (Å²) in [6.07, 6.45) is 7.61.